The Kier molecular flexibility index (Phi) is 5.92. The van der Waals surface area contributed by atoms with Gasteiger partial charge in [0.1, 0.15) is 23.3 Å². The van der Waals surface area contributed by atoms with Gasteiger partial charge < -0.3 is 14.4 Å². The lowest BCUT2D eigenvalue weighted by Crippen LogP contribution is -2.48. The fraction of sp³-hybridized carbons (Fsp3) is 0.577. The zero-order valence-corrected chi connectivity index (χ0v) is 19.9. The maximum atomic E-state index is 14.4. The molecule has 8 heteroatoms. The first-order chi connectivity index (χ1) is 16.3. The minimum absolute atomic E-state index is 0.0203. The smallest absolute Gasteiger partial charge is 0.251 e. The highest BCUT2D eigenvalue weighted by atomic mass is 19.1. The van der Waals surface area contributed by atoms with E-state index in [1.54, 1.807) is 6.07 Å². The van der Waals surface area contributed by atoms with E-state index in [4.69, 9.17) is 9.47 Å². The Morgan fingerprint density at radius 2 is 2.00 bits per heavy atom. The van der Waals surface area contributed by atoms with E-state index in [2.05, 4.69) is 24.0 Å². The fourth-order valence-electron chi connectivity index (χ4n) is 6.12. The maximum Gasteiger partial charge on any atom is 0.251 e. The second kappa shape index (κ2) is 8.64. The van der Waals surface area contributed by atoms with E-state index < -0.39 is 23.3 Å². The first kappa shape index (κ1) is 23.3. The van der Waals surface area contributed by atoms with Crippen molar-refractivity contribution in [2.45, 2.75) is 64.1 Å². The number of benzene rings is 1. The number of carbonyl (C=O) groups is 1. The van der Waals surface area contributed by atoms with E-state index in [9.17, 15) is 13.6 Å². The van der Waals surface area contributed by atoms with Crippen LogP contribution in [0.1, 0.15) is 63.6 Å². The van der Waals surface area contributed by atoms with Gasteiger partial charge in [0.2, 0.25) is 0 Å². The molecular weight excluding hydrogens is 440 g/mol. The Bertz CT molecular complexity index is 1080. The van der Waals surface area contributed by atoms with E-state index >= 15 is 0 Å². The predicted molar refractivity (Wildman–Crippen MR) is 122 cm³/mol. The molecule has 2 fully saturated rings. The zero-order valence-electron chi connectivity index (χ0n) is 19.9. The second-order valence-corrected chi connectivity index (χ2v) is 10.1. The van der Waals surface area contributed by atoms with Crippen LogP contribution in [0.2, 0.25) is 0 Å². The highest BCUT2D eigenvalue weighted by molar-refractivity contribution is 5.81. The van der Waals surface area contributed by atoms with E-state index in [1.807, 2.05) is 11.8 Å². The summed E-state index contributed by atoms with van der Waals surface area (Å²) in [5.41, 5.74) is 0.504. The molecule has 1 amide bonds. The molecule has 1 saturated heterocycles. The van der Waals surface area contributed by atoms with Crippen molar-refractivity contribution in [2.75, 3.05) is 26.3 Å². The Hall–Kier alpha value is -2.45. The molecule has 5 rings (SSSR count). The summed E-state index contributed by atoms with van der Waals surface area (Å²) in [6, 6.07) is 5.54. The van der Waals surface area contributed by atoms with Crippen LogP contribution in [-0.4, -0.2) is 53.4 Å². The molecule has 3 aliphatic rings. The first-order valence-electron chi connectivity index (χ1n) is 12.2. The van der Waals surface area contributed by atoms with E-state index in [1.165, 1.54) is 18.2 Å². The van der Waals surface area contributed by atoms with Gasteiger partial charge in [0.15, 0.2) is 0 Å². The van der Waals surface area contributed by atoms with Gasteiger partial charge in [-0.25, -0.2) is 8.78 Å². The number of hydrogen-bond donors (Lipinski definition) is 0. The van der Waals surface area contributed by atoms with Gasteiger partial charge in [-0.1, -0.05) is 26.8 Å². The molecule has 2 heterocycles. The summed E-state index contributed by atoms with van der Waals surface area (Å²) in [6.45, 7) is 8.63. The average Bonchev–Trinajstić information content (AvgIpc) is 3.03. The predicted octanol–water partition coefficient (Wildman–Crippen LogP) is 4.58. The summed E-state index contributed by atoms with van der Waals surface area (Å²) in [5, 5.41) is 8.72. The molecule has 2 aromatic rings. The lowest BCUT2D eigenvalue weighted by Gasteiger charge is -2.40. The minimum atomic E-state index is -0.773. The summed E-state index contributed by atoms with van der Waals surface area (Å²) >= 11 is 0. The molecule has 1 aromatic heterocycles. The number of rotatable bonds is 5. The highest BCUT2D eigenvalue weighted by Gasteiger charge is 2.65. The van der Waals surface area contributed by atoms with Crippen LogP contribution in [0, 0.1) is 17.0 Å². The standard InChI is InChI=1S/C26H31F2N3O3/c1-4-21(24(32)31-11-6-13-33-14-12-31)34-26-10-9-17(25(26,2)3)16-15-20(29-30-23(16)26)22-18(27)7-5-8-19(22)28/h5,7-8,15,17,21H,4,6,9-14H2,1-3H3/t17-,21+,26-/m0/s1. The molecule has 182 valence electrons. The zero-order chi connectivity index (χ0) is 24.1. The molecule has 0 spiro atoms. The van der Waals surface area contributed by atoms with Crippen molar-refractivity contribution in [3.63, 3.8) is 0 Å². The van der Waals surface area contributed by atoms with Gasteiger partial charge in [0.05, 0.1) is 23.6 Å². The van der Waals surface area contributed by atoms with Gasteiger partial charge in [-0.15, -0.1) is 5.10 Å². The number of amides is 1. The number of carbonyl (C=O) groups excluding carboxylic acids is 1. The molecule has 34 heavy (non-hydrogen) atoms. The molecule has 1 saturated carbocycles. The monoisotopic (exact) mass is 471 g/mol. The average molecular weight is 472 g/mol. The molecule has 1 aliphatic heterocycles. The van der Waals surface area contributed by atoms with Crippen molar-refractivity contribution in [1.82, 2.24) is 15.1 Å². The van der Waals surface area contributed by atoms with Crippen LogP contribution >= 0.6 is 0 Å². The molecule has 1 aromatic carbocycles. The normalized spacial score (nSPS) is 26.3. The van der Waals surface area contributed by atoms with Crippen molar-refractivity contribution < 1.29 is 23.0 Å². The van der Waals surface area contributed by atoms with Crippen molar-refractivity contribution in [3.05, 3.63) is 47.2 Å². The Balaban J connectivity index is 1.50. The van der Waals surface area contributed by atoms with Crippen molar-refractivity contribution in [1.29, 1.82) is 0 Å². The topological polar surface area (TPSA) is 64.6 Å². The van der Waals surface area contributed by atoms with Gasteiger partial charge in [0, 0.05) is 25.1 Å². The number of nitrogens with zero attached hydrogens (tertiary/aromatic N) is 3. The SMILES string of the molecule is CC[C@@H](O[C@@]12CC[C@@H](c3cc(-c4c(F)cccc4F)nnc31)C2(C)C)C(=O)N1CCCOCC1. The van der Waals surface area contributed by atoms with Crippen LogP contribution in [0.15, 0.2) is 24.3 Å². The fourth-order valence-corrected chi connectivity index (χ4v) is 6.12. The highest BCUT2D eigenvalue weighted by Crippen LogP contribution is 2.68. The van der Waals surface area contributed by atoms with Crippen molar-refractivity contribution >= 4 is 5.91 Å². The molecule has 2 bridgehead atoms. The van der Waals surface area contributed by atoms with Crippen molar-refractivity contribution in [3.8, 4) is 11.3 Å². The molecule has 3 atom stereocenters. The largest absolute Gasteiger partial charge is 0.380 e. The number of aromatic nitrogens is 2. The Morgan fingerprint density at radius 3 is 2.74 bits per heavy atom. The van der Waals surface area contributed by atoms with E-state index in [0.29, 0.717) is 38.4 Å². The third kappa shape index (κ3) is 3.45. The quantitative estimate of drug-likeness (QED) is 0.639. The van der Waals surface area contributed by atoms with Crippen LogP contribution in [0.5, 0.6) is 0 Å². The summed E-state index contributed by atoms with van der Waals surface area (Å²) in [4.78, 5) is 15.2. The third-order valence-corrected chi connectivity index (χ3v) is 8.02. The maximum absolute atomic E-state index is 14.4. The van der Waals surface area contributed by atoms with Gasteiger partial charge in [-0.3, -0.25) is 4.79 Å². The Labute approximate surface area is 198 Å². The summed E-state index contributed by atoms with van der Waals surface area (Å²) in [6.07, 6.45) is 2.33. The lowest BCUT2D eigenvalue weighted by atomic mass is 9.77. The number of halogens is 2. The van der Waals surface area contributed by atoms with Gasteiger partial charge >= 0.3 is 0 Å². The van der Waals surface area contributed by atoms with Crippen LogP contribution in [0.3, 0.4) is 0 Å². The van der Waals surface area contributed by atoms with Gasteiger partial charge in [-0.2, -0.15) is 5.10 Å². The second-order valence-electron chi connectivity index (χ2n) is 10.1. The first-order valence-corrected chi connectivity index (χ1v) is 12.2. The summed E-state index contributed by atoms with van der Waals surface area (Å²) in [5.74, 6) is -1.25. The summed E-state index contributed by atoms with van der Waals surface area (Å²) < 4.78 is 41.1. The summed E-state index contributed by atoms with van der Waals surface area (Å²) in [7, 11) is 0. The van der Waals surface area contributed by atoms with E-state index in [0.717, 1.165) is 24.8 Å². The molecular formula is C26H31F2N3O3. The molecule has 0 N–H and O–H groups in total. The number of ether oxygens (including phenoxy) is 2. The lowest BCUT2D eigenvalue weighted by molar-refractivity contribution is -0.176. The molecule has 0 radical (unpaired) electrons. The minimum Gasteiger partial charge on any atom is -0.380 e. The van der Waals surface area contributed by atoms with Crippen LogP contribution < -0.4 is 0 Å². The number of fused-ring (bicyclic) bond motifs is 5. The third-order valence-electron chi connectivity index (χ3n) is 8.02. The number of hydrogen-bond acceptors (Lipinski definition) is 5. The van der Waals surface area contributed by atoms with Crippen molar-refractivity contribution in [2.24, 2.45) is 5.41 Å². The molecule has 2 aliphatic carbocycles. The van der Waals surface area contributed by atoms with Crippen LogP contribution in [-0.2, 0) is 19.9 Å². The van der Waals surface area contributed by atoms with E-state index in [-0.39, 0.29) is 28.5 Å². The Morgan fingerprint density at radius 1 is 1.24 bits per heavy atom. The molecule has 6 nitrogen and oxygen atoms in total. The van der Waals surface area contributed by atoms with Gasteiger partial charge in [-0.05, 0) is 55.4 Å². The van der Waals surface area contributed by atoms with Crippen LogP contribution in [0.4, 0.5) is 8.78 Å². The van der Waals surface area contributed by atoms with Gasteiger partial charge in [0.25, 0.3) is 5.91 Å². The van der Waals surface area contributed by atoms with Crippen LogP contribution in [0.25, 0.3) is 11.3 Å². The molecule has 0 unspecified atom stereocenters.